The van der Waals surface area contributed by atoms with E-state index in [0.717, 1.165) is 25.7 Å². The van der Waals surface area contributed by atoms with Gasteiger partial charge in [-0.25, -0.2) is 0 Å². The van der Waals surface area contributed by atoms with Gasteiger partial charge in [-0.1, -0.05) is 33.6 Å². The van der Waals surface area contributed by atoms with Crippen LogP contribution in [0.5, 0.6) is 0 Å². The Balaban J connectivity index is 3.88. The highest BCUT2D eigenvalue weighted by Gasteiger charge is 2.16. The molecule has 2 heteroatoms. The third-order valence-electron chi connectivity index (χ3n) is 2.59. The lowest BCUT2D eigenvalue weighted by atomic mass is 9.95. The van der Waals surface area contributed by atoms with E-state index in [0.29, 0.717) is 6.04 Å². The Bertz CT molecular complexity index is 102. The second kappa shape index (κ2) is 8.52. The number of likely N-dealkylation sites (N-methyl/N-ethyl adjacent to an activating group) is 1. The van der Waals surface area contributed by atoms with E-state index in [4.69, 9.17) is 4.74 Å². The monoisotopic (exact) mass is 187 g/mol. The van der Waals surface area contributed by atoms with Crippen molar-refractivity contribution >= 4 is 0 Å². The smallest absolute Gasteiger partial charge is 0.0622 e. The second-order valence-corrected chi connectivity index (χ2v) is 3.40. The van der Waals surface area contributed by atoms with Crippen LogP contribution < -0.4 is 5.32 Å². The molecule has 0 radical (unpaired) electrons. The molecule has 1 unspecified atom stereocenters. The van der Waals surface area contributed by atoms with Gasteiger partial charge in [0.05, 0.1) is 6.61 Å². The summed E-state index contributed by atoms with van der Waals surface area (Å²) in [5.74, 6) is 0.756. The molecule has 80 valence electrons. The molecule has 1 atom stereocenters. The zero-order chi connectivity index (χ0) is 10.1. The summed E-state index contributed by atoms with van der Waals surface area (Å²) < 4.78 is 5.47. The lowest BCUT2D eigenvalue weighted by Gasteiger charge is -2.25. The Kier molecular flexibility index (Phi) is 8.46. The summed E-state index contributed by atoms with van der Waals surface area (Å²) in [5, 5.41) is 3.49. The van der Waals surface area contributed by atoms with Crippen LogP contribution >= 0.6 is 0 Å². The van der Waals surface area contributed by atoms with Gasteiger partial charge in [0.2, 0.25) is 0 Å². The van der Waals surface area contributed by atoms with Crippen LogP contribution in [0.1, 0.15) is 40.5 Å². The minimum atomic E-state index is 0.542. The Hall–Kier alpha value is -0.0800. The van der Waals surface area contributed by atoms with Crippen LogP contribution in [0.15, 0.2) is 0 Å². The van der Waals surface area contributed by atoms with E-state index < -0.39 is 0 Å². The van der Waals surface area contributed by atoms with E-state index in [2.05, 4.69) is 33.0 Å². The van der Waals surface area contributed by atoms with E-state index in [1.54, 1.807) is 0 Å². The molecule has 2 nitrogen and oxygen atoms in total. The molecule has 0 aromatic carbocycles. The second-order valence-electron chi connectivity index (χ2n) is 3.40. The topological polar surface area (TPSA) is 21.3 Å². The molecule has 0 aromatic heterocycles. The number of ether oxygens (including phenoxy) is 1. The maximum atomic E-state index is 5.47. The molecule has 0 heterocycles. The van der Waals surface area contributed by atoms with Crippen LogP contribution in [-0.2, 0) is 4.74 Å². The maximum absolute atomic E-state index is 5.47. The van der Waals surface area contributed by atoms with E-state index in [9.17, 15) is 0 Å². The summed E-state index contributed by atoms with van der Waals surface area (Å²) in [6.07, 6.45) is 2.47. The first-order chi connectivity index (χ1) is 6.29. The van der Waals surface area contributed by atoms with Gasteiger partial charge in [-0.3, -0.25) is 0 Å². The molecule has 0 saturated carbocycles. The number of nitrogens with one attached hydrogen (secondary N) is 1. The first-order valence-electron chi connectivity index (χ1n) is 5.61. The SMILES string of the molecule is CCNC(COCC)C(CC)CC. The Morgan fingerprint density at radius 2 is 1.69 bits per heavy atom. The van der Waals surface area contributed by atoms with Gasteiger partial charge in [0, 0.05) is 12.6 Å². The zero-order valence-electron chi connectivity index (χ0n) is 9.60. The van der Waals surface area contributed by atoms with Gasteiger partial charge in [0.25, 0.3) is 0 Å². The van der Waals surface area contributed by atoms with Gasteiger partial charge in [-0.2, -0.15) is 0 Å². The highest BCUT2D eigenvalue weighted by molar-refractivity contribution is 4.73. The van der Waals surface area contributed by atoms with Crippen molar-refractivity contribution in [2.75, 3.05) is 19.8 Å². The van der Waals surface area contributed by atoms with E-state index in [1.165, 1.54) is 12.8 Å². The van der Waals surface area contributed by atoms with Crippen molar-refractivity contribution in [3.63, 3.8) is 0 Å². The summed E-state index contributed by atoms with van der Waals surface area (Å²) in [5.41, 5.74) is 0. The van der Waals surface area contributed by atoms with Crippen LogP contribution in [0.4, 0.5) is 0 Å². The highest BCUT2D eigenvalue weighted by atomic mass is 16.5. The van der Waals surface area contributed by atoms with E-state index >= 15 is 0 Å². The lowest BCUT2D eigenvalue weighted by Crippen LogP contribution is -2.39. The largest absolute Gasteiger partial charge is 0.380 e. The standard InChI is InChI=1S/C11H25NO/c1-5-10(6-2)11(12-7-3)9-13-8-4/h10-12H,5-9H2,1-4H3. The minimum absolute atomic E-state index is 0.542. The summed E-state index contributed by atoms with van der Waals surface area (Å²) in [6, 6.07) is 0.542. The normalized spacial score (nSPS) is 13.6. The van der Waals surface area contributed by atoms with Crippen molar-refractivity contribution in [3.8, 4) is 0 Å². The van der Waals surface area contributed by atoms with Crippen molar-refractivity contribution in [3.05, 3.63) is 0 Å². The molecule has 0 fully saturated rings. The third-order valence-corrected chi connectivity index (χ3v) is 2.59. The molecule has 13 heavy (non-hydrogen) atoms. The summed E-state index contributed by atoms with van der Waals surface area (Å²) in [4.78, 5) is 0. The molecule has 0 saturated heterocycles. The van der Waals surface area contributed by atoms with Gasteiger partial charge in [-0.05, 0) is 19.4 Å². The first-order valence-corrected chi connectivity index (χ1v) is 5.61. The minimum Gasteiger partial charge on any atom is -0.380 e. The molecular formula is C11H25NO. The molecule has 0 aliphatic carbocycles. The summed E-state index contributed by atoms with van der Waals surface area (Å²) >= 11 is 0. The molecule has 0 amide bonds. The number of rotatable bonds is 8. The van der Waals surface area contributed by atoms with E-state index in [1.807, 2.05) is 0 Å². The highest BCUT2D eigenvalue weighted by Crippen LogP contribution is 2.13. The molecule has 0 bridgehead atoms. The fourth-order valence-corrected chi connectivity index (χ4v) is 1.73. The van der Waals surface area contributed by atoms with Crippen molar-refractivity contribution in [2.24, 2.45) is 5.92 Å². The van der Waals surface area contributed by atoms with Crippen LogP contribution in [0.2, 0.25) is 0 Å². The third kappa shape index (κ3) is 5.27. The van der Waals surface area contributed by atoms with Crippen LogP contribution in [-0.4, -0.2) is 25.8 Å². The van der Waals surface area contributed by atoms with E-state index in [-0.39, 0.29) is 0 Å². The van der Waals surface area contributed by atoms with Gasteiger partial charge in [0.1, 0.15) is 0 Å². The average Bonchev–Trinajstić information content (AvgIpc) is 2.16. The Labute approximate surface area is 83.1 Å². The predicted molar refractivity (Wildman–Crippen MR) is 58.0 cm³/mol. The molecule has 0 aliphatic heterocycles. The van der Waals surface area contributed by atoms with Crippen molar-refractivity contribution in [2.45, 2.75) is 46.6 Å². The zero-order valence-corrected chi connectivity index (χ0v) is 9.60. The quantitative estimate of drug-likeness (QED) is 0.630. The van der Waals surface area contributed by atoms with Gasteiger partial charge in [0.15, 0.2) is 0 Å². The summed E-state index contributed by atoms with van der Waals surface area (Å²) in [6.45, 7) is 11.4. The molecule has 1 N–H and O–H groups in total. The maximum Gasteiger partial charge on any atom is 0.0622 e. The summed E-state index contributed by atoms with van der Waals surface area (Å²) in [7, 11) is 0. The van der Waals surface area contributed by atoms with Crippen molar-refractivity contribution in [1.82, 2.24) is 5.32 Å². The average molecular weight is 187 g/mol. The van der Waals surface area contributed by atoms with Crippen LogP contribution in [0, 0.1) is 5.92 Å². The predicted octanol–water partition coefficient (Wildman–Crippen LogP) is 2.44. The molecule has 0 aliphatic rings. The number of hydrogen-bond donors (Lipinski definition) is 1. The fraction of sp³-hybridized carbons (Fsp3) is 1.00. The fourth-order valence-electron chi connectivity index (χ4n) is 1.73. The molecular weight excluding hydrogens is 162 g/mol. The Morgan fingerprint density at radius 1 is 1.08 bits per heavy atom. The lowest BCUT2D eigenvalue weighted by molar-refractivity contribution is 0.101. The van der Waals surface area contributed by atoms with Crippen molar-refractivity contribution < 1.29 is 4.74 Å². The van der Waals surface area contributed by atoms with Crippen LogP contribution in [0.25, 0.3) is 0 Å². The molecule has 0 spiro atoms. The van der Waals surface area contributed by atoms with Gasteiger partial charge >= 0.3 is 0 Å². The number of hydrogen-bond acceptors (Lipinski definition) is 2. The van der Waals surface area contributed by atoms with Gasteiger partial charge in [-0.15, -0.1) is 0 Å². The van der Waals surface area contributed by atoms with Gasteiger partial charge < -0.3 is 10.1 Å². The van der Waals surface area contributed by atoms with Crippen molar-refractivity contribution in [1.29, 1.82) is 0 Å². The molecule has 0 rings (SSSR count). The first kappa shape index (κ1) is 12.9. The Morgan fingerprint density at radius 3 is 2.08 bits per heavy atom. The molecule has 0 aromatic rings. The van der Waals surface area contributed by atoms with Crippen LogP contribution in [0.3, 0.4) is 0 Å².